The van der Waals surface area contributed by atoms with Crippen molar-refractivity contribution in [3.8, 4) is 11.5 Å². The van der Waals surface area contributed by atoms with Crippen LogP contribution in [0, 0.1) is 0 Å². The zero-order valence-electron chi connectivity index (χ0n) is 10.1. The van der Waals surface area contributed by atoms with Crippen LogP contribution in [-0.2, 0) is 4.79 Å². The second kappa shape index (κ2) is 4.49. The third-order valence-electron chi connectivity index (χ3n) is 3.41. The van der Waals surface area contributed by atoms with Crippen LogP contribution < -0.4 is 15.2 Å². The fourth-order valence-corrected chi connectivity index (χ4v) is 2.38. The molecule has 0 aliphatic carbocycles. The van der Waals surface area contributed by atoms with E-state index in [2.05, 4.69) is 0 Å². The first-order chi connectivity index (χ1) is 8.74. The first-order valence-corrected chi connectivity index (χ1v) is 6.17. The van der Waals surface area contributed by atoms with Gasteiger partial charge in [0.25, 0.3) is 0 Å². The van der Waals surface area contributed by atoms with Crippen LogP contribution >= 0.6 is 0 Å². The Morgan fingerprint density at radius 3 is 2.94 bits per heavy atom. The number of nitrogens with zero attached hydrogens (tertiary/aromatic N) is 1. The highest BCUT2D eigenvalue weighted by atomic mass is 16.7. The van der Waals surface area contributed by atoms with Crippen molar-refractivity contribution in [2.75, 3.05) is 19.9 Å². The van der Waals surface area contributed by atoms with Gasteiger partial charge in [0.2, 0.25) is 12.7 Å². The molecule has 1 unspecified atom stereocenters. The first-order valence-electron chi connectivity index (χ1n) is 6.17. The fraction of sp³-hybridized carbons (Fsp3) is 0.462. The summed E-state index contributed by atoms with van der Waals surface area (Å²) < 4.78 is 10.6. The Bertz CT molecular complexity index is 475. The Kier molecular flexibility index (Phi) is 2.83. The highest BCUT2D eigenvalue weighted by Gasteiger charge is 2.23. The quantitative estimate of drug-likeness (QED) is 0.868. The monoisotopic (exact) mass is 248 g/mol. The second-order valence-corrected chi connectivity index (χ2v) is 4.66. The maximum absolute atomic E-state index is 11.6. The molecule has 1 aromatic carbocycles. The Hall–Kier alpha value is -1.75. The Morgan fingerprint density at radius 1 is 1.33 bits per heavy atom. The lowest BCUT2D eigenvalue weighted by Gasteiger charge is -2.21. The van der Waals surface area contributed by atoms with Crippen LogP contribution in [0.5, 0.6) is 11.5 Å². The first kappa shape index (κ1) is 11.3. The molecular formula is C13H16N2O3. The summed E-state index contributed by atoms with van der Waals surface area (Å²) in [6, 6.07) is 5.51. The van der Waals surface area contributed by atoms with Gasteiger partial charge >= 0.3 is 0 Å². The van der Waals surface area contributed by atoms with E-state index in [1.165, 1.54) is 0 Å². The number of nitrogens with two attached hydrogens (primary N) is 1. The van der Waals surface area contributed by atoms with Crippen LogP contribution in [0.25, 0.3) is 0 Å². The van der Waals surface area contributed by atoms with Crippen LogP contribution in [0.4, 0.5) is 0 Å². The molecule has 0 aromatic heterocycles. The lowest BCUT2D eigenvalue weighted by atomic mass is 10.1. The van der Waals surface area contributed by atoms with Crippen molar-refractivity contribution in [2.24, 2.45) is 5.73 Å². The standard InChI is InChI=1S/C13H16N2O3/c14-10(7-15-5-1-2-13(15)16)9-3-4-11-12(6-9)18-8-17-11/h3-4,6,10H,1-2,5,7-8,14H2. The lowest BCUT2D eigenvalue weighted by Crippen LogP contribution is -2.32. The third kappa shape index (κ3) is 2.01. The van der Waals surface area contributed by atoms with Crippen LogP contribution in [0.2, 0.25) is 0 Å². The number of likely N-dealkylation sites (tertiary alicyclic amines) is 1. The number of carbonyl (C=O) groups is 1. The summed E-state index contributed by atoms with van der Waals surface area (Å²) in [4.78, 5) is 13.4. The minimum atomic E-state index is -0.179. The number of hydrogen-bond acceptors (Lipinski definition) is 4. The van der Waals surface area contributed by atoms with E-state index in [1.54, 1.807) is 0 Å². The summed E-state index contributed by atoms with van der Waals surface area (Å²) >= 11 is 0. The molecule has 0 saturated carbocycles. The van der Waals surface area contributed by atoms with Gasteiger partial charge in [0, 0.05) is 25.6 Å². The molecule has 2 aliphatic rings. The van der Waals surface area contributed by atoms with Gasteiger partial charge in [-0.15, -0.1) is 0 Å². The molecule has 1 saturated heterocycles. The summed E-state index contributed by atoms with van der Waals surface area (Å²) in [5, 5.41) is 0. The van der Waals surface area contributed by atoms with Crippen molar-refractivity contribution in [1.29, 1.82) is 0 Å². The largest absolute Gasteiger partial charge is 0.454 e. The van der Waals surface area contributed by atoms with E-state index in [0.29, 0.717) is 13.0 Å². The molecule has 2 aliphatic heterocycles. The average molecular weight is 248 g/mol. The molecule has 1 amide bonds. The second-order valence-electron chi connectivity index (χ2n) is 4.66. The van der Waals surface area contributed by atoms with Crippen molar-refractivity contribution in [2.45, 2.75) is 18.9 Å². The molecule has 1 aromatic rings. The molecule has 5 heteroatoms. The molecule has 0 spiro atoms. The Balaban J connectivity index is 1.72. The zero-order chi connectivity index (χ0) is 12.5. The number of carbonyl (C=O) groups excluding carboxylic acids is 1. The number of amides is 1. The normalized spacial score (nSPS) is 19.4. The Labute approximate surface area is 105 Å². The van der Waals surface area contributed by atoms with Crippen molar-refractivity contribution < 1.29 is 14.3 Å². The predicted molar refractivity (Wildman–Crippen MR) is 65.3 cm³/mol. The van der Waals surface area contributed by atoms with Crippen molar-refractivity contribution in [1.82, 2.24) is 4.90 Å². The van der Waals surface area contributed by atoms with Crippen molar-refractivity contribution in [3.05, 3.63) is 23.8 Å². The van der Waals surface area contributed by atoms with E-state index < -0.39 is 0 Å². The van der Waals surface area contributed by atoms with Gasteiger partial charge in [-0.2, -0.15) is 0 Å². The predicted octanol–water partition coefficient (Wildman–Crippen LogP) is 1.04. The van der Waals surface area contributed by atoms with Crippen molar-refractivity contribution in [3.63, 3.8) is 0 Å². The number of fused-ring (bicyclic) bond motifs is 1. The minimum absolute atomic E-state index is 0.179. The van der Waals surface area contributed by atoms with Crippen LogP contribution in [0.3, 0.4) is 0 Å². The van der Waals surface area contributed by atoms with Gasteiger partial charge in [0.05, 0.1) is 0 Å². The number of ether oxygens (including phenoxy) is 2. The molecule has 18 heavy (non-hydrogen) atoms. The maximum atomic E-state index is 11.6. The van der Waals surface area contributed by atoms with Gasteiger partial charge in [-0.1, -0.05) is 6.07 Å². The van der Waals surface area contributed by atoms with Gasteiger partial charge < -0.3 is 20.1 Å². The summed E-state index contributed by atoms with van der Waals surface area (Å²) in [6.45, 7) is 1.65. The molecule has 5 nitrogen and oxygen atoms in total. The smallest absolute Gasteiger partial charge is 0.231 e. The fourth-order valence-electron chi connectivity index (χ4n) is 2.38. The number of hydrogen-bond donors (Lipinski definition) is 1. The number of rotatable bonds is 3. The van der Waals surface area contributed by atoms with Gasteiger partial charge in [0.15, 0.2) is 11.5 Å². The average Bonchev–Trinajstić information content (AvgIpc) is 2.98. The van der Waals surface area contributed by atoms with Crippen LogP contribution in [-0.4, -0.2) is 30.7 Å². The number of benzene rings is 1. The summed E-state index contributed by atoms with van der Waals surface area (Å²) in [5.41, 5.74) is 7.11. The highest BCUT2D eigenvalue weighted by molar-refractivity contribution is 5.78. The zero-order valence-corrected chi connectivity index (χ0v) is 10.1. The Morgan fingerprint density at radius 2 is 2.17 bits per heavy atom. The van der Waals surface area contributed by atoms with Gasteiger partial charge in [-0.25, -0.2) is 0 Å². The molecule has 0 radical (unpaired) electrons. The lowest BCUT2D eigenvalue weighted by molar-refractivity contribution is -0.127. The molecule has 1 fully saturated rings. The summed E-state index contributed by atoms with van der Waals surface area (Å²) in [6.07, 6.45) is 1.58. The van der Waals surface area contributed by atoms with E-state index in [-0.39, 0.29) is 18.7 Å². The SMILES string of the molecule is NC(CN1CCCC1=O)c1ccc2c(c1)OCO2. The van der Waals surface area contributed by atoms with Crippen LogP contribution in [0.1, 0.15) is 24.4 Å². The topological polar surface area (TPSA) is 64.8 Å². The van der Waals surface area contributed by atoms with E-state index in [4.69, 9.17) is 15.2 Å². The molecule has 96 valence electrons. The molecule has 1 atom stereocenters. The van der Waals surface area contributed by atoms with Gasteiger partial charge in [0.1, 0.15) is 0 Å². The summed E-state index contributed by atoms with van der Waals surface area (Å²) in [7, 11) is 0. The molecule has 0 bridgehead atoms. The van der Waals surface area contributed by atoms with E-state index in [0.717, 1.165) is 30.0 Å². The van der Waals surface area contributed by atoms with E-state index in [9.17, 15) is 4.79 Å². The molecule has 2 heterocycles. The summed E-state index contributed by atoms with van der Waals surface area (Å²) in [5.74, 6) is 1.69. The maximum Gasteiger partial charge on any atom is 0.231 e. The minimum Gasteiger partial charge on any atom is -0.454 e. The van der Waals surface area contributed by atoms with Crippen molar-refractivity contribution >= 4 is 5.91 Å². The molecular weight excluding hydrogens is 232 g/mol. The van der Waals surface area contributed by atoms with Gasteiger partial charge in [-0.05, 0) is 24.1 Å². The molecule has 3 rings (SSSR count). The van der Waals surface area contributed by atoms with E-state index in [1.807, 2.05) is 23.1 Å². The highest BCUT2D eigenvalue weighted by Crippen LogP contribution is 2.34. The van der Waals surface area contributed by atoms with Gasteiger partial charge in [-0.3, -0.25) is 4.79 Å². The molecule has 2 N–H and O–H groups in total. The van der Waals surface area contributed by atoms with E-state index >= 15 is 0 Å². The third-order valence-corrected chi connectivity index (χ3v) is 3.41. The van der Waals surface area contributed by atoms with Crippen LogP contribution in [0.15, 0.2) is 18.2 Å².